The van der Waals surface area contributed by atoms with Gasteiger partial charge >= 0.3 is 0 Å². The molecule has 3 aromatic carbocycles. The van der Waals surface area contributed by atoms with Crippen LogP contribution in [-0.4, -0.2) is 82.7 Å². The van der Waals surface area contributed by atoms with Crippen molar-refractivity contribution < 1.29 is 33.3 Å². The Labute approximate surface area is 241 Å². The maximum atomic E-state index is 11.5. The van der Waals surface area contributed by atoms with Crippen molar-refractivity contribution in [2.24, 2.45) is 0 Å². The average Bonchev–Trinajstić information content (AvgIpc) is 3.34. The number of hydrogen-bond donors (Lipinski definition) is 0. The van der Waals surface area contributed by atoms with Gasteiger partial charge in [0.05, 0.1) is 66.0 Å². The molecule has 1 heterocycles. The Balaban J connectivity index is 1.12. The van der Waals surface area contributed by atoms with E-state index in [1.165, 1.54) is 12.2 Å². The van der Waals surface area contributed by atoms with Gasteiger partial charge in [0.15, 0.2) is 0 Å². The van der Waals surface area contributed by atoms with Crippen molar-refractivity contribution in [1.82, 2.24) is 4.90 Å². The van der Waals surface area contributed by atoms with Crippen molar-refractivity contribution in [3.8, 4) is 0 Å². The van der Waals surface area contributed by atoms with E-state index in [-0.39, 0.29) is 25.0 Å². The molecule has 0 aliphatic carbocycles. The molecule has 2 amide bonds. The summed E-state index contributed by atoms with van der Waals surface area (Å²) in [4.78, 5) is 24.1. The maximum absolute atomic E-state index is 11.5. The quantitative estimate of drug-likeness (QED) is 0.125. The van der Waals surface area contributed by atoms with E-state index >= 15 is 0 Å². The molecule has 0 atom stereocenters. The zero-order valence-electron chi connectivity index (χ0n) is 23.2. The van der Waals surface area contributed by atoms with E-state index in [2.05, 4.69) is 36.4 Å². The Morgan fingerprint density at radius 1 is 0.463 bits per heavy atom. The first-order valence-corrected chi connectivity index (χ1v) is 13.9. The normalized spacial score (nSPS) is 13.3. The monoisotopic (exact) mass is 559 g/mol. The fourth-order valence-electron chi connectivity index (χ4n) is 4.59. The highest BCUT2D eigenvalue weighted by Gasteiger charge is 2.37. The Kier molecular flexibility index (Phi) is 12.2. The highest BCUT2D eigenvalue weighted by molar-refractivity contribution is 6.12. The molecule has 8 heteroatoms. The minimum Gasteiger partial charge on any atom is -0.377 e. The van der Waals surface area contributed by atoms with E-state index in [0.717, 1.165) is 21.6 Å². The van der Waals surface area contributed by atoms with Crippen molar-refractivity contribution in [2.75, 3.05) is 66.0 Å². The van der Waals surface area contributed by atoms with Gasteiger partial charge in [-0.05, 0) is 16.7 Å². The molecule has 8 nitrogen and oxygen atoms in total. The number of benzene rings is 3. The number of hydrogen-bond acceptors (Lipinski definition) is 7. The molecule has 3 aromatic rings. The summed E-state index contributed by atoms with van der Waals surface area (Å²) < 4.78 is 29.0. The van der Waals surface area contributed by atoms with E-state index in [1.807, 2.05) is 54.6 Å². The highest BCUT2D eigenvalue weighted by atomic mass is 16.6. The maximum Gasteiger partial charge on any atom is 0.253 e. The molecular formula is C33H37NO7. The van der Waals surface area contributed by atoms with Gasteiger partial charge in [0, 0.05) is 12.2 Å². The summed E-state index contributed by atoms with van der Waals surface area (Å²) in [6.45, 7) is 3.92. The van der Waals surface area contributed by atoms with E-state index < -0.39 is 5.60 Å². The van der Waals surface area contributed by atoms with E-state index in [4.69, 9.17) is 23.7 Å². The van der Waals surface area contributed by atoms with Crippen LogP contribution in [0.1, 0.15) is 16.7 Å². The number of nitrogens with zero attached hydrogens (tertiary/aromatic N) is 1. The summed E-state index contributed by atoms with van der Waals surface area (Å²) in [5.74, 6) is -0.605. The van der Waals surface area contributed by atoms with Gasteiger partial charge in [0.25, 0.3) is 11.8 Å². The molecule has 0 bridgehead atoms. The van der Waals surface area contributed by atoms with Gasteiger partial charge in [0.2, 0.25) is 0 Å². The summed E-state index contributed by atoms with van der Waals surface area (Å²) in [7, 11) is 0. The van der Waals surface area contributed by atoms with Gasteiger partial charge in [-0.2, -0.15) is 0 Å². The summed E-state index contributed by atoms with van der Waals surface area (Å²) in [5, 5.41) is 0. The topological polar surface area (TPSA) is 83.5 Å². The summed E-state index contributed by atoms with van der Waals surface area (Å²) in [6, 6.07) is 30.8. The molecule has 0 aromatic heterocycles. The third kappa shape index (κ3) is 8.66. The molecule has 216 valence electrons. The van der Waals surface area contributed by atoms with Crippen LogP contribution in [0.15, 0.2) is 103 Å². The summed E-state index contributed by atoms with van der Waals surface area (Å²) >= 11 is 0. The standard InChI is InChI=1S/C33H37NO7/c35-31-16-17-32(36)34(31)18-19-37-20-21-38-22-23-39-24-25-40-26-27-41-33(28-10-4-1-5-11-28,29-12-6-2-7-13-29)30-14-8-3-9-15-30/h1-17H,18-27H2. The van der Waals surface area contributed by atoms with E-state index in [9.17, 15) is 9.59 Å². The second-order valence-electron chi connectivity index (χ2n) is 9.24. The van der Waals surface area contributed by atoms with Crippen LogP contribution in [0.5, 0.6) is 0 Å². The fourth-order valence-corrected chi connectivity index (χ4v) is 4.59. The first kappa shape index (κ1) is 30.3. The van der Waals surface area contributed by atoms with Gasteiger partial charge in [-0.15, -0.1) is 0 Å². The summed E-state index contributed by atoms with van der Waals surface area (Å²) in [6.07, 6.45) is 2.53. The zero-order valence-corrected chi connectivity index (χ0v) is 23.2. The lowest BCUT2D eigenvalue weighted by Crippen LogP contribution is -2.34. The predicted molar refractivity (Wildman–Crippen MR) is 154 cm³/mol. The van der Waals surface area contributed by atoms with Crippen molar-refractivity contribution in [3.05, 3.63) is 120 Å². The van der Waals surface area contributed by atoms with Gasteiger partial charge in [0.1, 0.15) is 5.60 Å². The van der Waals surface area contributed by atoms with Crippen LogP contribution in [0, 0.1) is 0 Å². The molecule has 41 heavy (non-hydrogen) atoms. The van der Waals surface area contributed by atoms with Crippen LogP contribution in [0.4, 0.5) is 0 Å². The minimum atomic E-state index is -0.759. The van der Waals surface area contributed by atoms with Crippen molar-refractivity contribution >= 4 is 11.8 Å². The molecule has 4 rings (SSSR count). The van der Waals surface area contributed by atoms with Gasteiger partial charge in [-0.1, -0.05) is 91.0 Å². The van der Waals surface area contributed by atoms with Crippen LogP contribution in [0.25, 0.3) is 0 Å². The molecular weight excluding hydrogens is 522 g/mol. The molecule has 0 N–H and O–H groups in total. The van der Waals surface area contributed by atoms with Crippen LogP contribution in [0.2, 0.25) is 0 Å². The Bertz CT molecular complexity index is 1100. The van der Waals surface area contributed by atoms with Crippen molar-refractivity contribution in [3.63, 3.8) is 0 Å². The Morgan fingerprint density at radius 3 is 1.20 bits per heavy atom. The van der Waals surface area contributed by atoms with Crippen molar-refractivity contribution in [2.45, 2.75) is 5.60 Å². The lowest BCUT2D eigenvalue weighted by atomic mass is 9.80. The van der Waals surface area contributed by atoms with Crippen molar-refractivity contribution in [1.29, 1.82) is 0 Å². The molecule has 0 saturated heterocycles. The first-order chi connectivity index (χ1) is 20.2. The van der Waals surface area contributed by atoms with E-state index in [1.54, 1.807) is 0 Å². The lowest BCUT2D eigenvalue weighted by Gasteiger charge is -2.36. The second-order valence-corrected chi connectivity index (χ2v) is 9.24. The third-order valence-corrected chi connectivity index (χ3v) is 6.56. The molecule has 0 unspecified atom stereocenters. The fraction of sp³-hybridized carbons (Fsp3) is 0.333. The molecule has 1 aliphatic heterocycles. The van der Waals surface area contributed by atoms with Crippen LogP contribution >= 0.6 is 0 Å². The zero-order chi connectivity index (χ0) is 28.6. The molecule has 0 fully saturated rings. The number of amides is 2. The Morgan fingerprint density at radius 2 is 0.805 bits per heavy atom. The number of rotatable bonds is 19. The Hall–Kier alpha value is -3.66. The third-order valence-electron chi connectivity index (χ3n) is 6.56. The predicted octanol–water partition coefficient (Wildman–Crippen LogP) is 3.99. The largest absolute Gasteiger partial charge is 0.377 e. The highest BCUT2D eigenvalue weighted by Crippen LogP contribution is 2.40. The number of carbonyl (C=O) groups is 2. The summed E-state index contributed by atoms with van der Waals surface area (Å²) in [5.41, 5.74) is 2.41. The van der Waals surface area contributed by atoms with Crippen LogP contribution < -0.4 is 0 Å². The molecule has 0 radical (unpaired) electrons. The number of ether oxygens (including phenoxy) is 5. The number of imide groups is 1. The first-order valence-electron chi connectivity index (χ1n) is 13.9. The SMILES string of the molecule is O=C1C=CC(=O)N1CCOCCOCCOCCOCCOC(c1ccccc1)(c1ccccc1)c1ccccc1. The lowest BCUT2D eigenvalue weighted by molar-refractivity contribution is -0.137. The average molecular weight is 560 g/mol. The molecule has 1 aliphatic rings. The number of carbonyl (C=O) groups excluding carboxylic acids is 2. The van der Waals surface area contributed by atoms with Gasteiger partial charge in [-0.3, -0.25) is 14.5 Å². The van der Waals surface area contributed by atoms with Crippen LogP contribution in [0.3, 0.4) is 0 Å². The smallest absolute Gasteiger partial charge is 0.253 e. The molecule has 0 spiro atoms. The van der Waals surface area contributed by atoms with Crippen LogP contribution in [-0.2, 0) is 38.9 Å². The van der Waals surface area contributed by atoms with Gasteiger partial charge in [-0.25, -0.2) is 0 Å². The van der Waals surface area contributed by atoms with E-state index in [0.29, 0.717) is 52.9 Å². The second kappa shape index (κ2) is 16.6. The van der Waals surface area contributed by atoms with Gasteiger partial charge < -0.3 is 23.7 Å². The minimum absolute atomic E-state index is 0.241. The molecule has 0 saturated carbocycles.